The van der Waals surface area contributed by atoms with E-state index in [1.807, 2.05) is 6.92 Å². The lowest BCUT2D eigenvalue weighted by Crippen LogP contribution is -2.44. The lowest BCUT2D eigenvalue weighted by molar-refractivity contribution is -0.0126. The van der Waals surface area contributed by atoms with Crippen molar-refractivity contribution < 1.29 is 9.53 Å². The van der Waals surface area contributed by atoms with Crippen LogP contribution in [0.2, 0.25) is 0 Å². The minimum absolute atomic E-state index is 0.0808. The fraction of sp³-hybridized carbons (Fsp3) is 0.545. The van der Waals surface area contributed by atoms with Gasteiger partial charge in [-0.1, -0.05) is 0 Å². The summed E-state index contributed by atoms with van der Waals surface area (Å²) in [6.07, 6.45) is 0.0808. The summed E-state index contributed by atoms with van der Waals surface area (Å²) in [5, 5.41) is 10.7. The Morgan fingerprint density at radius 1 is 1.53 bits per heavy atom. The molecule has 0 aliphatic carbocycles. The van der Waals surface area contributed by atoms with Crippen LogP contribution >= 0.6 is 0 Å². The second-order valence-corrected chi connectivity index (χ2v) is 3.99. The van der Waals surface area contributed by atoms with Gasteiger partial charge in [-0.05, 0) is 19.1 Å². The first kappa shape index (κ1) is 11.8. The zero-order valence-corrected chi connectivity index (χ0v) is 10.0. The monoisotopic (exact) mass is 236 g/mol. The van der Waals surface area contributed by atoms with Crippen molar-refractivity contribution in [3.05, 3.63) is 17.8 Å². The Hall–Kier alpha value is -1.69. The third-order valence-corrected chi connectivity index (χ3v) is 2.67. The predicted octanol–water partition coefficient (Wildman–Crippen LogP) is 0.379. The molecule has 6 nitrogen and oxygen atoms in total. The van der Waals surface area contributed by atoms with Gasteiger partial charge in [0.05, 0.1) is 12.7 Å². The minimum Gasteiger partial charge on any atom is -0.375 e. The molecular weight excluding hydrogens is 220 g/mol. The van der Waals surface area contributed by atoms with Gasteiger partial charge in [0.25, 0.3) is 5.91 Å². The second kappa shape index (κ2) is 5.09. The van der Waals surface area contributed by atoms with Crippen molar-refractivity contribution in [2.45, 2.75) is 13.0 Å². The number of aromatic nitrogens is 2. The Balaban J connectivity index is 2.07. The van der Waals surface area contributed by atoms with E-state index in [9.17, 15) is 4.79 Å². The highest BCUT2D eigenvalue weighted by molar-refractivity contribution is 5.92. The van der Waals surface area contributed by atoms with E-state index < -0.39 is 0 Å². The molecule has 0 spiro atoms. The summed E-state index contributed by atoms with van der Waals surface area (Å²) in [5.41, 5.74) is 0.373. The Morgan fingerprint density at radius 3 is 2.94 bits per heavy atom. The third kappa shape index (κ3) is 2.71. The van der Waals surface area contributed by atoms with Gasteiger partial charge in [-0.15, -0.1) is 10.2 Å². The average molecular weight is 236 g/mol. The van der Waals surface area contributed by atoms with Crippen LogP contribution < -0.4 is 5.32 Å². The third-order valence-electron chi connectivity index (χ3n) is 2.67. The van der Waals surface area contributed by atoms with Crippen LogP contribution in [0.1, 0.15) is 17.4 Å². The molecule has 1 unspecified atom stereocenters. The number of amides is 1. The maximum absolute atomic E-state index is 12.1. The summed E-state index contributed by atoms with van der Waals surface area (Å²) < 4.78 is 5.39. The molecule has 1 aliphatic heterocycles. The number of rotatable bonds is 2. The van der Waals surface area contributed by atoms with E-state index in [1.54, 1.807) is 24.1 Å². The van der Waals surface area contributed by atoms with E-state index in [4.69, 9.17) is 4.74 Å². The number of nitrogens with zero attached hydrogens (tertiary/aromatic N) is 3. The van der Waals surface area contributed by atoms with Crippen LogP contribution in [0.4, 0.5) is 5.82 Å². The van der Waals surface area contributed by atoms with Gasteiger partial charge in [-0.3, -0.25) is 4.79 Å². The highest BCUT2D eigenvalue weighted by atomic mass is 16.5. The van der Waals surface area contributed by atoms with Crippen molar-refractivity contribution in [3.63, 3.8) is 0 Å². The predicted molar refractivity (Wildman–Crippen MR) is 62.9 cm³/mol. The Morgan fingerprint density at radius 2 is 2.35 bits per heavy atom. The number of carbonyl (C=O) groups is 1. The standard InChI is InChI=1S/C11H16N4O2/c1-8-7-15(5-6-17-8)11(16)9-3-4-10(12-2)14-13-9/h3-4,8H,5-7H2,1-2H3,(H,12,14). The van der Waals surface area contributed by atoms with Gasteiger partial charge < -0.3 is 15.0 Å². The van der Waals surface area contributed by atoms with E-state index in [0.29, 0.717) is 31.2 Å². The molecule has 6 heteroatoms. The van der Waals surface area contributed by atoms with E-state index in [-0.39, 0.29) is 12.0 Å². The molecule has 1 aromatic rings. The minimum atomic E-state index is -0.0877. The molecule has 1 saturated heterocycles. The number of morpholine rings is 1. The maximum atomic E-state index is 12.1. The molecule has 0 aromatic carbocycles. The van der Waals surface area contributed by atoms with Crippen molar-refractivity contribution in [1.29, 1.82) is 0 Å². The number of hydrogen-bond acceptors (Lipinski definition) is 5. The molecule has 92 valence electrons. The van der Waals surface area contributed by atoms with Crippen molar-refractivity contribution in [1.82, 2.24) is 15.1 Å². The van der Waals surface area contributed by atoms with Crippen molar-refractivity contribution in [3.8, 4) is 0 Å². The molecule has 0 saturated carbocycles. The van der Waals surface area contributed by atoms with Crippen molar-refractivity contribution in [2.24, 2.45) is 0 Å². The van der Waals surface area contributed by atoms with Gasteiger partial charge in [0, 0.05) is 20.1 Å². The van der Waals surface area contributed by atoms with Crippen molar-refractivity contribution >= 4 is 11.7 Å². The Kier molecular flexibility index (Phi) is 3.53. The highest BCUT2D eigenvalue weighted by Gasteiger charge is 2.23. The number of ether oxygens (including phenoxy) is 1. The van der Waals surface area contributed by atoms with Crippen LogP contribution in [0, 0.1) is 0 Å². The molecule has 1 aromatic heterocycles. The smallest absolute Gasteiger partial charge is 0.274 e. The first-order valence-corrected chi connectivity index (χ1v) is 5.63. The summed E-state index contributed by atoms with van der Waals surface area (Å²) in [4.78, 5) is 13.8. The summed E-state index contributed by atoms with van der Waals surface area (Å²) >= 11 is 0. The highest BCUT2D eigenvalue weighted by Crippen LogP contribution is 2.09. The summed E-state index contributed by atoms with van der Waals surface area (Å²) in [6, 6.07) is 3.42. The van der Waals surface area contributed by atoms with E-state index in [2.05, 4.69) is 15.5 Å². The summed E-state index contributed by atoms with van der Waals surface area (Å²) in [5.74, 6) is 0.562. The van der Waals surface area contributed by atoms with Crippen LogP contribution in [0.3, 0.4) is 0 Å². The number of hydrogen-bond donors (Lipinski definition) is 1. The lowest BCUT2D eigenvalue weighted by Gasteiger charge is -2.30. The maximum Gasteiger partial charge on any atom is 0.274 e. The first-order valence-electron chi connectivity index (χ1n) is 5.63. The molecule has 2 rings (SSSR count). The lowest BCUT2D eigenvalue weighted by atomic mass is 10.2. The summed E-state index contributed by atoms with van der Waals surface area (Å²) in [6.45, 7) is 3.75. The average Bonchev–Trinajstić information content (AvgIpc) is 2.38. The van der Waals surface area contributed by atoms with Gasteiger partial charge in [0.1, 0.15) is 5.82 Å². The van der Waals surface area contributed by atoms with Crippen LogP contribution in [0.25, 0.3) is 0 Å². The second-order valence-electron chi connectivity index (χ2n) is 3.99. The fourth-order valence-electron chi connectivity index (χ4n) is 1.74. The Bertz CT molecular complexity index is 393. The largest absolute Gasteiger partial charge is 0.375 e. The van der Waals surface area contributed by atoms with Gasteiger partial charge in [0.15, 0.2) is 5.69 Å². The fourth-order valence-corrected chi connectivity index (χ4v) is 1.74. The van der Waals surface area contributed by atoms with Gasteiger partial charge in [0.2, 0.25) is 0 Å². The SMILES string of the molecule is CNc1ccc(C(=O)N2CCOC(C)C2)nn1. The number of nitrogens with one attached hydrogen (secondary N) is 1. The van der Waals surface area contributed by atoms with Crippen molar-refractivity contribution in [2.75, 3.05) is 32.1 Å². The molecular formula is C11H16N4O2. The van der Waals surface area contributed by atoms with E-state index >= 15 is 0 Å². The first-order chi connectivity index (χ1) is 8.20. The van der Waals surface area contributed by atoms with Gasteiger partial charge >= 0.3 is 0 Å². The van der Waals surface area contributed by atoms with Gasteiger partial charge in [-0.2, -0.15) is 0 Å². The van der Waals surface area contributed by atoms with Gasteiger partial charge in [-0.25, -0.2) is 0 Å². The zero-order chi connectivity index (χ0) is 12.3. The summed E-state index contributed by atoms with van der Waals surface area (Å²) in [7, 11) is 1.76. The van der Waals surface area contributed by atoms with Crippen LogP contribution in [-0.2, 0) is 4.74 Å². The number of anilines is 1. The molecule has 0 radical (unpaired) electrons. The quantitative estimate of drug-likeness (QED) is 0.804. The van der Waals surface area contributed by atoms with Crippen LogP contribution in [0.5, 0.6) is 0 Å². The molecule has 1 atom stereocenters. The van der Waals surface area contributed by atoms with E-state index in [1.165, 1.54) is 0 Å². The molecule has 1 aliphatic rings. The molecule has 2 heterocycles. The molecule has 1 amide bonds. The number of carbonyl (C=O) groups excluding carboxylic acids is 1. The molecule has 0 bridgehead atoms. The van der Waals surface area contributed by atoms with Crippen LogP contribution in [-0.4, -0.2) is 53.9 Å². The topological polar surface area (TPSA) is 67.4 Å². The zero-order valence-electron chi connectivity index (χ0n) is 10.0. The van der Waals surface area contributed by atoms with E-state index in [0.717, 1.165) is 0 Å². The molecule has 1 fully saturated rings. The Labute approximate surface area is 100.0 Å². The normalized spacial score (nSPS) is 20.1. The van der Waals surface area contributed by atoms with Crippen LogP contribution in [0.15, 0.2) is 12.1 Å². The molecule has 17 heavy (non-hydrogen) atoms. The molecule has 1 N–H and O–H groups in total.